The Labute approximate surface area is 138 Å². The zero-order chi connectivity index (χ0) is 16.2. The van der Waals surface area contributed by atoms with Crippen molar-refractivity contribution in [1.82, 2.24) is 4.90 Å². The first-order valence-corrected chi connectivity index (χ1v) is 8.45. The molecule has 2 aromatic rings. The highest BCUT2D eigenvalue weighted by molar-refractivity contribution is 5.26. The van der Waals surface area contributed by atoms with Gasteiger partial charge in [-0.3, -0.25) is 4.90 Å². The Morgan fingerprint density at radius 3 is 2.57 bits per heavy atom. The second-order valence-electron chi connectivity index (χ2n) is 6.61. The van der Waals surface area contributed by atoms with Crippen LogP contribution in [-0.4, -0.2) is 24.0 Å². The summed E-state index contributed by atoms with van der Waals surface area (Å²) in [7, 11) is 0. The number of halogens is 1. The molecule has 2 aromatic carbocycles. The summed E-state index contributed by atoms with van der Waals surface area (Å²) in [4.78, 5) is 2.35. The van der Waals surface area contributed by atoms with E-state index in [1.807, 2.05) is 6.07 Å². The Kier molecular flexibility index (Phi) is 5.09. The summed E-state index contributed by atoms with van der Waals surface area (Å²) in [6, 6.07) is 15.9. The largest absolute Gasteiger partial charge is 0.327 e. The van der Waals surface area contributed by atoms with Gasteiger partial charge in [0.2, 0.25) is 0 Å². The first-order chi connectivity index (χ1) is 11.1. The van der Waals surface area contributed by atoms with E-state index in [4.69, 9.17) is 5.73 Å². The van der Waals surface area contributed by atoms with Crippen molar-refractivity contribution in [2.75, 3.05) is 13.1 Å². The van der Waals surface area contributed by atoms with Crippen LogP contribution in [0.2, 0.25) is 0 Å². The molecule has 0 aromatic heterocycles. The minimum atomic E-state index is -0.171. The molecule has 0 saturated carbocycles. The summed E-state index contributed by atoms with van der Waals surface area (Å²) >= 11 is 0. The van der Waals surface area contributed by atoms with Crippen molar-refractivity contribution in [3.05, 3.63) is 71.0 Å². The highest BCUT2D eigenvalue weighted by Gasteiger charge is 2.26. The number of hydrogen-bond acceptors (Lipinski definition) is 2. The topological polar surface area (TPSA) is 29.3 Å². The van der Waals surface area contributed by atoms with Gasteiger partial charge in [-0.05, 0) is 47.6 Å². The van der Waals surface area contributed by atoms with Gasteiger partial charge in [0, 0.05) is 25.7 Å². The minimum absolute atomic E-state index is 0.171. The molecule has 23 heavy (non-hydrogen) atoms. The Bertz CT molecular complexity index is 638. The van der Waals surface area contributed by atoms with Gasteiger partial charge in [-0.1, -0.05) is 43.3 Å². The number of nitrogens with zero attached hydrogens (tertiary/aromatic N) is 1. The number of rotatable bonds is 4. The average molecular weight is 312 g/mol. The van der Waals surface area contributed by atoms with Gasteiger partial charge >= 0.3 is 0 Å². The highest BCUT2D eigenvalue weighted by atomic mass is 19.1. The molecule has 2 atom stereocenters. The SMILES string of the molecule is CCc1ccc(C2CC(N)CN(Cc3cccc(F)c3)C2)cc1. The van der Waals surface area contributed by atoms with Crippen LogP contribution in [0.5, 0.6) is 0 Å². The third-order valence-corrected chi connectivity index (χ3v) is 4.71. The summed E-state index contributed by atoms with van der Waals surface area (Å²) < 4.78 is 13.4. The van der Waals surface area contributed by atoms with Crippen LogP contribution in [0.15, 0.2) is 48.5 Å². The monoisotopic (exact) mass is 312 g/mol. The molecule has 0 radical (unpaired) electrons. The van der Waals surface area contributed by atoms with Crippen LogP contribution in [0.1, 0.15) is 36.0 Å². The Morgan fingerprint density at radius 1 is 1.09 bits per heavy atom. The van der Waals surface area contributed by atoms with Crippen LogP contribution in [-0.2, 0) is 13.0 Å². The fourth-order valence-corrected chi connectivity index (χ4v) is 3.52. The second kappa shape index (κ2) is 7.24. The van der Waals surface area contributed by atoms with Crippen molar-refractivity contribution >= 4 is 0 Å². The van der Waals surface area contributed by atoms with Gasteiger partial charge in [-0.25, -0.2) is 4.39 Å². The van der Waals surface area contributed by atoms with E-state index in [0.29, 0.717) is 5.92 Å². The van der Waals surface area contributed by atoms with E-state index >= 15 is 0 Å². The lowest BCUT2D eigenvalue weighted by Crippen LogP contribution is -2.45. The number of benzene rings is 2. The Morgan fingerprint density at radius 2 is 1.87 bits per heavy atom. The van der Waals surface area contributed by atoms with E-state index in [1.54, 1.807) is 12.1 Å². The molecule has 1 heterocycles. The average Bonchev–Trinajstić information content (AvgIpc) is 2.54. The van der Waals surface area contributed by atoms with Gasteiger partial charge in [0.1, 0.15) is 5.82 Å². The van der Waals surface area contributed by atoms with Gasteiger partial charge in [-0.2, -0.15) is 0 Å². The maximum Gasteiger partial charge on any atom is 0.123 e. The third kappa shape index (κ3) is 4.18. The summed E-state index contributed by atoms with van der Waals surface area (Å²) in [5.74, 6) is 0.286. The predicted octanol–water partition coefficient (Wildman–Crippen LogP) is 3.70. The quantitative estimate of drug-likeness (QED) is 0.932. The lowest BCUT2D eigenvalue weighted by Gasteiger charge is -2.36. The molecule has 1 aliphatic heterocycles. The Balaban J connectivity index is 1.70. The van der Waals surface area contributed by atoms with Crippen LogP contribution in [0.4, 0.5) is 4.39 Å². The smallest absolute Gasteiger partial charge is 0.123 e. The Hall–Kier alpha value is -1.71. The molecule has 0 bridgehead atoms. The number of piperidine rings is 1. The number of likely N-dealkylation sites (tertiary alicyclic amines) is 1. The molecule has 0 aliphatic carbocycles. The van der Waals surface area contributed by atoms with Crippen molar-refractivity contribution in [3.63, 3.8) is 0 Å². The van der Waals surface area contributed by atoms with E-state index in [-0.39, 0.29) is 11.9 Å². The van der Waals surface area contributed by atoms with Crippen LogP contribution < -0.4 is 5.73 Å². The summed E-state index contributed by atoms with van der Waals surface area (Å²) in [6.07, 6.45) is 2.08. The molecule has 0 amide bonds. The van der Waals surface area contributed by atoms with Gasteiger partial charge in [0.25, 0.3) is 0 Å². The van der Waals surface area contributed by atoms with E-state index in [0.717, 1.165) is 38.0 Å². The van der Waals surface area contributed by atoms with Crippen molar-refractivity contribution in [3.8, 4) is 0 Å². The first kappa shape index (κ1) is 16.2. The fourth-order valence-electron chi connectivity index (χ4n) is 3.52. The second-order valence-corrected chi connectivity index (χ2v) is 6.61. The van der Waals surface area contributed by atoms with Gasteiger partial charge in [-0.15, -0.1) is 0 Å². The molecule has 3 rings (SSSR count). The van der Waals surface area contributed by atoms with Crippen molar-refractivity contribution in [1.29, 1.82) is 0 Å². The molecule has 2 nitrogen and oxygen atoms in total. The molecular weight excluding hydrogens is 287 g/mol. The normalized spacial score (nSPS) is 22.2. The zero-order valence-corrected chi connectivity index (χ0v) is 13.7. The third-order valence-electron chi connectivity index (χ3n) is 4.71. The van der Waals surface area contributed by atoms with E-state index in [9.17, 15) is 4.39 Å². The molecule has 1 saturated heterocycles. The molecule has 1 aliphatic rings. The highest BCUT2D eigenvalue weighted by Crippen LogP contribution is 2.27. The van der Waals surface area contributed by atoms with E-state index in [2.05, 4.69) is 36.1 Å². The van der Waals surface area contributed by atoms with Crippen LogP contribution in [0, 0.1) is 5.82 Å². The van der Waals surface area contributed by atoms with E-state index < -0.39 is 0 Å². The standard InChI is InChI=1S/C20H25FN2/c1-2-15-6-8-17(9-7-15)18-11-20(22)14-23(13-18)12-16-4-3-5-19(21)10-16/h3-10,18,20H,2,11-14,22H2,1H3. The molecule has 2 unspecified atom stereocenters. The molecular formula is C20H25FN2. The van der Waals surface area contributed by atoms with Crippen molar-refractivity contribution < 1.29 is 4.39 Å². The predicted molar refractivity (Wildman–Crippen MR) is 92.8 cm³/mol. The minimum Gasteiger partial charge on any atom is -0.327 e. The molecule has 1 fully saturated rings. The maximum absolute atomic E-state index is 13.4. The lowest BCUT2D eigenvalue weighted by molar-refractivity contribution is 0.181. The van der Waals surface area contributed by atoms with Gasteiger partial charge in [0.15, 0.2) is 0 Å². The summed E-state index contributed by atoms with van der Waals surface area (Å²) in [5.41, 5.74) is 10.0. The molecule has 2 N–H and O–H groups in total. The van der Waals surface area contributed by atoms with Gasteiger partial charge < -0.3 is 5.73 Å². The van der Waals surface area contributed by atoms with Crippen LogP contribution >= 0.6 is 0 Å². The first-order valence-electron chi connectivity index (χ1n) is 8.45. The number of aryl methyl sites for hydroxylation is 1. The van der Waals surface area contributed by atoms with Crippen LogP contribution in [0.25, 0.3) is 0 Å². The molecule has 3 heteroatoms. The summed E-state index contributed by atoms with van der Waals surface area (Å²) in [6.45, 7) is 4.79. The molecule has 0 spiro atoms. The van der Waals surface area contributed by atoms with Gasteiger partial charge in [0.05, 0.1) is 0 Å². The van der Waals surface area contributed by atoms with Crippen molar-refractivity contribution in [2.24, 2.45) is 5.73 Å². The fraction of sp³-hybridized carbons (Fsp3) is 0.400. The van der Waals surface area contributed by atoms with Crippen LogP contribution in [0.3, 0.4) is 0 Å². The number of hydrogen-bond donors (Lipinski definition) is 1. The number of nitrogens with two attached hydrogens (primary N) is 1. The lowest BCUT2D eigenvalue weighted by atomic mass is 9.87. The van der Waals surface area contributed by atoms with E-state index in [1.165, 1.54) is 17.2 Å². The maximum atomic E-state index is 13.4. The van der Waals surface area contributed by atoms with Crippen molar-refractivity contribution in [2.45, 2.75) is 38.3 Å². The summed E-state index contributed by atoms with van der Waals surface area (Å²) in [5, 5.41) is 0. The molecule has 122 valence electrons. The zero-order valence-electron chi connectivity index (χ0n) is 13.7.